The standard InChI is InChI=1S/C15H18N4O/c16-14(11-6-7-11)9-17-15(20)12-8-18-19(10-12)13-4-2-1-3-5-13/h1-5,8,10-11,14H,6-7,9,16H2,(H,17,20). The number of rotatable bonds is 5. The third-order valence-corrected chi connectivity index (χ3v) is 3.59. The van der Waals surface area contributed by atoms with Gasteiger partial charge in [-0.15, -0.1) is 0 Å². The molecule has 20 heavy (non-hydrogen) atoms. The average Bonchev–Trinajstić information content (AvgIpc) is 3.22. The van der Waals surface area contributed by atoms with Crippen molar-refractivity contribution >= 4 is 5.91 Å². The summed E-state index contributed by atoms with van der Waals surface area (Å²) in [5.41, 5.74) is 7.45. The second-order valence-electron chi connectivity index (χ2n) is 5.22. The van der Waals surface area contributed by atoms with Crippen molar-refractivity contribution in [1.29, 1.82) is 0 Å². The van der Waals surface area contributed by atoms with Gasteiger partial charge in [-0.3, -0.25) is 4.79 Å². The van der Waals surface area contributed by atoms with Crippen molar-refractivity contribution in [3.63, 3.8) is 0 Å². The summed E-state index contributed by atoms with van der Waals surface area (Å²) in [5.74, 6) is 0.464. The number of benzene rings is 1. The number of carbonyl (C=O) groups excluding carboxylic acids is 1. The molecule has 0 bridgehead atoms. The molecule has 1 amide bonds. The molecule has 3 rings (SSSR count). The van der Waals surface area contributed by atoms with Crippen molar-refractivity contribution in [2.45, 2.75) is 18.9 Å². The number of aromatic nitrogens is 2. The Balaban J connectivity index is 1.62. The number of carbonyl (C=O) groups is 1. The fourth-order valence-corrected chi connectivity index (χ4v) is 2.17. The molecular formula is C15H18N4O. The zero-order valence-corrected chi connectivity index (χ0v) is 11.2. The van der Waals surface area contributed by atoms with Crippen molar-refractivity contribution < 1.29 is 4.79 Å². The van der Waals surface area contributed by atoms with Crippen LogP contribution in [0.3, 0.4) is 0 Å². The second-order valence-corrected chi connectivity index (χ2v) is 5.22. The van der Waals surface area contributed by atoms with Crippen molar-refractivity contribution in [3.05, 3.63) is 48.3 Å². The third kappa shape index (κ3) is 2.88. The van der Waals surface area contributed by atoms with Crippen LogP contribution in [0.25, 0.3) is 5.69 Å². The highest BCUT2D eigenvalue weighted by atomic mass is 16.1. The number of para-hydroxylation sites is 1. The van der Waals surface area contributed by atoms with Gasteiger partial charge in [0, 0.05) is 18.8 Å². The first-order valence-corrected chi connectivity index (χ1v) is 6.88. The van der Waals surface area contributed by atoms with Gasteiger partial charge < -0.3 is 11.1 Å². The van der Waals surface area contributed by atoms with Crippen LogP contribution in [0, 0.1) is 5.92 Å². The molecule has 0 aliphatic heterocycles. The van der Waals surface area contributed by atoms with Crippen LogP contribution in [0.2, 0.25) is 0 Å². The van der Waals surface area contributed by atoms with E-state index in [1.165, 1.54) is 12.8 Å². The van der Waals surface area contributed by atoms with Crippen molar-refractivity contribution in [2.75, 3.05) is 6.54 Å². The van der Waals surface area contributed by atoms with Gasteiger partial charge in [0.2, 0.25) is 0 Å². The minimum atomic E-state index is -0.122. The lowest BCUT2D eigenvalue weighted by Crippen LogP contribution is -2.38. The van der Waals surface area contributed by atoms with E-state index in [1.54, 1.807) is 17.1 Å². The van der Waals surface area contributed by atoms with Crippen LogP contribution in [0.1, 0.15) is 23.2 Å². The van der Waals surface area contributed by atoms with Gasteiger partial charge in [-0.2, -0.15) is 5.10 Å². The molecule has 1 atom stereocenters. The predicted molar refractivity (Wildman–Crippen MR) is 76.6 cm³/mol. The zero-order chi connectivity index (χ0) is 13.9. The average molecular weight is 270 g/mol. The van der Waals surface area contributed by atoms with Gasteiger partial charge in [0.1, 0.15) is 0 Å². The smallest absolute Gasteiger partial charge is 0.254 e. The molecule has 0 radical (unpaired) electrons. The van der Waals surface area contributed by atoms with Crippen LogP contribution < -0.4 is 11.1 Å². The first-order chi connectivity index (χ1) is 9.74. The topological polar surface area (TPSA) is 72.9 Å². The van der Waals surface area contributed by atoms with Gasteiger partial charge in [-0.25, -0.2) is 4.68 Å². The summed E-state index contributed by atoms with van der Waals surface area (Å²) in [5, 5.41) is 7.07. The summed E-state index contributed by atoms with van der Waals surface area (Å²) < 4.78 is 1.69. The molecular weight excluding hydrogens is 252 g/mol. The van der Waals surface area contributed by atoms with E-state index in [0.29, 0.717) is 18.0 Å². The van der Waals surface area contributed by atoms with Crippen molar-refractivity contribution in [2.24, 2.45) is 11.7 Å². The van der Waals surface area contributed by atoms with Gasteiger partial charge >= 0.3 is 0 Å². The van der Waals surface area contributed by atoms with Gasteiger partial charge in [0.15, 0.2) is 0 Å². The summed E-state index contributed by atoms with van der Waals surface area (Å²) in [6.07, 6.45) is 5.67. The molecule has 1 aromatic heterocycles. The molecule has 0 spiro atoms. The zero-order valence-electron chi connectivity index (χ0n) is 11.2. The van der Waals surface area contributed by atoms with Gasteiger partial charge in [-0.05, 0) is 30.9 Å². The van der Waals surface area contributed by atoms with E-state index in [-0.39, 0.29) is 11.9 Å². The first kappa shape index (κ1) is 12.9. The van der Waals surface area contributed by atoms with Crippen LogP contribution in [-0.2, 0) is 0 Å². The molecule has 1 aliphatic carbocycles. The summed E-state index contributed by atoms with van der Waals surface area (Å²) >= 11 is 0. The number of hydrogen-bond acceptors (Lipinski definition) is 3. The normalized spacial score (nSPS) is 15.8. The van der Waals surface area contributed by atoms with E-state index in [2.05, 4.69) is 10.4 Å². The van der Waals surface area contributed by atoms with Crippen LogP contribution in [0.15, 0.2) is 42.7 Å². The van der Waals surface area contributed by atoms with E-state index in [4.69, 9.17) is 5.73 Å². The number of nitrogens with zero attached hydrogens (tertiary/aromatic N) is 2. The summed E-state index contributed by atoms with van der Waals surface area (Å²) in [4.78, 5) is 12.0. The minimum absolute atomic E-state index is 0.0723. The third-order valence-electron chi connectivity index (χ3n) is 3.59. The molecule has 1 heterocycles. The Hall–Kier alpha value is -2.14. The van der Waals surface area contributed by atoms with E-state index in [1.807, 2.05) is 30.3 Å². The molecule has 2 aromatic rings. The Labute approximate surface area is 117 Å². The highest BCUT2D eigenvalue weighted by Crippen LogP contribution is 2.31. The molecule has 3 N–H and O–H groups in total. The summed E-state index contributed by atoms with van der Waals surface area (Å²) in [6.45, 7) is 0.528. The molecule has 1 aromatic carbocycles. The lowest BCUT2D eigenvalue weighted by atomic mass is 10.2. The maximum absolute atomic E-state index is 12.0. The maximum atomic E-state index is 12.0. The highest BCUT2D eigenvalue weighted by Gasteiger charge is 2.28. The largest absolute Gasteiger partial charge is 0.350 e. The number of hydrogen-bond donors (Lipinski definition) is 2. The first-order valence-electron chi connectivity index (χ1n) is 6.88. The minimum Gasteiger partial charge on any atom is -0.350 e. The Morgan fingerprint density at radius 3 is 2.85 bits per heavy atom. The quantitative estimate of drug-likeness (QED) is 0.861. The number of nitrogens with two attached hydrogens (primary N) is 1. The van der Waals surface area contributed by atoms with Gasteiger partial charge in [-0.1, -0.05) is 18.2 Å². The van der Waals surface area contributed by atoms with Crippen LogP contribution in [0.5, 0.6) is 0 Å². The van der Waals surface area contributed by atoms with Gasteiger partial charge in [0.25, 0.3) is 5.91 Å². The molecule has 1 unspecified atom stereocenters. The summed E-state index contributed by atoms with van der Waals surface area (Å²) in [6, 6.07) is 9.77. The molecule has 1 saturated carbocycles. The van der Waals surface area contributed by atoms with Crippen molar-refractivity contribution in [3.8, 4) is 5.69 Å². The number of amides is 1. The monoisotopic (exact) mass is 270 g/mol. The Morgan fingerprint density at radius 1 is 1.40 bits per heavy atom. The lowest BCUT2D eigenvalue weighted by Gasteiger charge is -2.10. The number of nitrogens with one attached hydrogen (secondary N) is 1. The SMILES string of the molecule is NC(CNC(=O)c1cnn(-c2ccccc2)c1)C1CC1. The fourth-order valence-electron chi connectivity index (χ4n) is 2.17. The molecule has 5 nitrogen and oxygen atoms in total. The van der Waals surface area contributed by atoms with Gasteiger partial charge in [0.05, 0.1) is 17.4 Å². The van der Waals surface area contributed by atoms with E-state index in [9.17, 15) is 4.79 Å². The Morgan fingerprint density at radius 2 is 2.15 bits per heavy atom. The molecule has 5 heteroatoms. The Kier molecular flexibility index (Phi) is 3.52. The Bertz CT molecular complexity index is 589. The molecule has 1 fully saturated rings. The molecule has 104 valence electrons. The maximum Gasteiger partial charge on any atom is 0.254 e. The van der Waals surface area contributed by atoms with Crippen LogP contribution >= 0.6 is 0 Å². The van der Waals surface area contributed by atoms with E-state index in [0.717, 1.165) is 5.69 Å². The lowest BCUT2D eigenvalue weighted by molar-refractivity contribution is 0.0950. The molecule has 1 aliphatic rings. The fraction of sp³-hybridized carbons (Fsp3) is 0.333. The molecule has 0 saturated heterocycles. The van der Waals surface area contributed by atoms with Crippen molar-refractivity contribution in [1.82, 2.24) is 15.1 Å². The van der Waals surface area contributed by atoms with Crippen LogP contribution in [0.4, 0.5) is 0 Å². The highest BCUT2D eigenvalue weighted by molar-refractivity contribution is 5.93. The van der Waals surface area contributed by atoms with Crippen LogP contribution in [-0.4, -0.2) is 28.3 Å². The summed E-state index contributed by atoms with van der Waals surface area (Å²) in [7, 11) is 0. The second kappa shape index (κ2) is 5.46. The van der Waals surface area contributed by atoms with E-state index >= 15 is 0 Å². The predicted octanol–water partition coefficient (Wildman–Crippen LogP) is 1.34. The van der Waals surface area contributed by atoms with E-state index < -0.39 is 0 Å².